The molecule has 0 saturated heterocycles. The molecule has 0 aliphatic carbocycles. The quantitative estimate of drug-likeness (QED) is 0.812. The van der Waals surface area contributed by atoms with Crippen molar-refractivity contribution >= 4 is 11.8 Å². The summed E-state index contributed by atoms with van der Waals surface area (Å²) in [7, 11) is 1.32. The van der Waals surface area contributed by atoms with E-state index in [0.29, 0.717) is 29.6 Å². The molecule has 0 saturated carbocycles. The molecule has 0 amide bonds. The molecular formula is C11H12N4O3. The van der Waals surface area contributed by atoms with E-state index in [1.54, 1.807) is 25.3 Å². The van der Waals surface area contributed by atoms with E-state index in [-0.39, 0.29) is 0 Å². The number of hydrogen-bond acceptors (Lipinski definition) is 7. The van der Waals surface area contributed by atoms with Gasteiger partial charge in [0.1, 0.15) is 11.4 Å². The van der Waals surface area contributed by atoms with E-state index in [1.165, 1.54) is 7.11 Å². The third kappa shape index (κ3) is 2.62. The lowest BCUT2D eigenvalue weighted by molar-refractivity contribution is 0.0601. The Morgan fingerprint density at radius 1 is 1.56 bits per heavy atom. The minimum atomic E-state index is -0.449. The van der Waals surface area contributed by atoms with Crippen LogP contribution in [-0.4, -0.2) is 28.2 Å². The Labute approximate surface area is 103 Å². The van der Waals surface area contributed by atoms with Crippen molar-refractivity contribution in [2.75, 3.05) is 12.4 Å². The summed E-state index contributed by atoms with van der Waals surface area (Å²) in [5.41, 5.74) is 0.361. The monoisotopic (exact) mass is 248 g/mol. The number of carbonyl (C=O) groups is 1. The fourth-order valence-electron chi connectivity index (χ4n) is 1.40. The third-order valence-electron chi connectivity index (χ3n) is 2.20. The zero-order chi connectivity index (χ0) is 13.0. The van der Waals surface area contributed by atoms with Crippen LogP contribution in [0.3, 0.4) is 0 Å². The molecule has 18 heavy (non-hydrogen) atoms. The van der Waals surface area contributed by atoms with Gasteiger partial charge in [0.25, 0.3) is 0 Å². The van der Waals surface area contributed by atoms with Crippen molar-refractivity contribution in [1.29, 1.82) is 0 Å². The number of carbonyl (C=O) groups excluding carboxylic acids is 1. The van der Waals surface area contributed by atoms with Crippen LogP contribution in [0.25, 0.3) is 0 Å². The molecule has 0 unspecified atom stereocenters. The highest BCUT2D eigenvalue weighted by atomic mass is 16.5. The van der Waals surface area contributed by atoms with Crippen molar-refractivity contribution in [2.45, 2.75) is 13.5 Å². The highest BCUT2D eigenvalue weighted by molar-refractivity contribution is 5.94. The van der Waals surface area contributed by atoms with E-state index in [0.717, 1.165) is 0 Å². The maximum atomic E-state index is 11.5. The number of pyridine rings is 1. The van der Waals surface area contributed by atoms with Crippen LogP contribution in [0.2, 0.25) is 0 Å². The van der Waals surface area contributed by atoms with Gasteiger partial charge >= 0.3 is 5.97 Å². The second-order valence-corrected chi connectivity index (χ2v) is 3.47. The van der Waals surface area contributed by atoms with Crippen LogP contribution < -0.4 is 5.32 Å². The van der Waals surface area contributed by atoms with Crippen molar-refractivity contribution in [3.63, 3.8) is 0 Å². The van der Waals surface area contributed by atoms with Gasteiger partial charge in [0.05, 0.1) is 13.7 Å². The second kappa shape index (κ2) is 5.26. The first kappa shape index (κ1) is 12.0. The molecule has 7 heteroatoms. The van der Waals surface area contributed by atoms with E-state index in [4.69, 9.17) is 4.52 Å². The normalized spacial score (nSPS) is 10.1. The molecule has 1 N–H and O–H groups in total. The second-order valence-electron chi connectivity index (χ2n) is 3.47. The van der Waals surface area contributed by atoms with Gasteiger partial charge in [-0.2, -0.15) is 4.98 Å². The minimum Gasteiger partial charge on any atom is -0.465 e. The van der Waals surface area contributed by atoms with Crippen LogP contribution in [0.15, 0.2) is 22.9 Å². The summed E-state index contributed by atoms with van der Waals surface area (Å²) in [6.45, 7) is 2.02. The lowest BCUT2D eigenvalue weighted by Crippen LogP contribution is -2.10. The number of nitrogens with zero attached hydrogens (tertiary/aromatic N) is 3. The first-order chi connectivity index (χ1) is 8.70. The maximum Gasteiger partial charge on any atom is 0.341 e. The smallest absolute Gasteiger partial charge is 0.341 e. The Balaban J connectivity index is 2.11. The van der Waals surface area contributed by atoms with Crippen LogP contribution in [-0.2, 0) is 11.3 Å². The Kier molecular flexibility index (Phi) is 3.52. The van der Waals surface area contributed by atoms with Crippen molar-refractivity contribution in [1.82, 2.24) is 15.1 Å². The van der Waals surface area contributed by atoms with Gasteiger partial charge in [-0.1, -0.05) is 5.16 Å². The van der Waals surface area contributed by atoms with Crippen LogP contribution in [0.5, 0.6) is 0 Å². The zero-order valence-corrected chi connectivity index (χ0v) is 10.0. The first-order valence-electron chi connectivity index (χ1n) is 5.27. The van der Waals surface area contributed by atoms with Crippen LogP contribution in [0, 0.1) is 6.92 Å². The van der Waals surface area contributed by atoms with Crippen LogP contribution in [0.4, 0.5) is 5.82 Å². The van der Waals surface area contributed by atoms with Crippen molar-refractivity contribution in [3.05, 3.63) is 35.6 Å². The molecule has 7 nitrogen and oxygen atoms in total. The van der Waals surface area contributed by atoms with Crippen molar-refractivity contribution in [2.24, 2.45) is 0 Å². The number of ether oxygens (including phenoxy) is 1. The highest BCUT2D eigenvalue weighted by Crippen LogP contribution is 2.13. The largest absolute Gasteiger partial charge is 0.465 e. The van der Waals surface area contributed by atoms with E-state index < -0.39 is 5.97 Å². The van der Waals surface area contributed by atoms with Crippen LogP contribution >= 0.6 is 0 Å². The number of methoxy groups -OCH3 is 1. The Morgan fingerprint density at radius 2 is 2.39 bits per heavy atom. The summed E-state index contributed by atoms with van der Waals surface area (Å²) >= 11 is 0. The van der Waals surface area contributed by atoms with Gasteiger partial charge in [-0.05, 0) is 12.1 Å². The van der Waals surface area contributed by atoms with Gasteiger partial charge in [-0.3, -0.25) is 0 Å². The molecule has 2 aromatic rings. The first-order valence-corrected chi connectivity index (χ1v) is 5.27. The molecule has 94 valence electrons. The molecule has 0 atom stereocenters. The number of nitrogens with one attached hydrogen (secondary N) is 1. The molecule has 0 aromatic carbocycles. The van der Waals surface area contributed by atoms with E-state index in [2.05, 4.69) is 25.2 Å². The van der Waals surface area contributed by atoms with E-state index in [1.807, 2.05) is 0 Å². The molecule has 0 bridgehead atoms. The number of rotatable bonds is 4. The molecule has 0 spiro atoms. The summed E-state index contributed by atoms with van der Waals surface area (Å²) in [6.07, 6.45) is 1.58. The highest BCUT2D eigenvalue weighted by Gasteiger charge is 2.12. The number of aromatic nitrogens is 3. The van der Waals surface area contributed by atoms with Crippen molar-refractivity contribution < 1.29 is 14.1 Å². The van der Waals surface area contributed by atoms with Crippen molar-refractivity contribution in [3.8, 4) is 0 Å². The molecule has 0 fully saturated rings. The summed E-state index contributed by atoms with van der Waals surface area (Å²) in [4.78, 5) is 19.6. The van der Waals surface area contributed by atoms with Gasteiger partial charge in [0.2, 0.25) is 5.89 Å². The average Bonchev–Trinajstić information content (AvgIpc) is 2.81. The molecule has 0 aliphatic rings. The zero-order valence-electron chi connectivity index (χ0n) is 10.0. The molecule has 0 radical (unpaired) electrons. The SMILES string of the molecule is COC(=O)c1cccnc1NCc1noc(C)n1. The van der Waals surface area contributed by atoms with Gasteiger partial charge in [-0.25, -0.2) is 9.78 Å². The molecular weight excluding hydrogens is 236 g/mol. The number of aryl methyl sites for hydroxylation is 1. The number of esters is 1. The average molecular weight is 248 g/mol. The maximum absolute atomic E-state index is 11.5. The van der Waals surface area contributed by atoms with Gasteiger partial charge in [-0.15, -0.1) is 0 Å². The lowest BCUT2D eigenvalue weighted by Gasteiger charge is -2.07. The number of hydrogen-bond donors (Lipinski definition) is 1. The van der Waals surface area contributed by atoms with E-state index in [9.17, 15) is 4.79 Å². The Hall–Kier alpha value is -2.44. The van der Waals surface area contributed by atoms with Crippen LogP contribution in [0.1, 0.15) is 22.1 Å². The molecule has 2 aromatic heterocycles. The van der Waals surface area contributed by atoms with Gasteiger partial charge in [0, 0.05) is 13.1 Å². The fourth-order valence-corrected chi connectivity index (χ4v) is 1.40. The predicted molar refractivity (Wildman–Crippen MR) is 61.9 cm³/mol. The number of anilines is 1. The molecule has 2 rings (SSSR count). The molecule has 0 aliphatic heterocycles. The lowest BCUT2D eigenvalue weighted by atomic mass is 10.2. The topological polar surface area (TPSA) is 90.1 Å². The predicted octanol–water partition coefficient (Wildman–Crippen LogP) is 1.17. The van der Waals surface area contributed by atoms with Gasteiger partial charge in [0.15, 0.2) is 5.82 Å². The Bertz CT molecular complexity index is 553. The summed E-state index contributed by atoms with van der Waals surface area (Å²) in [5.74, 6) is 0.955. The summed E-state index contributed by atoms with van der Waals surface area (Å²) in [6, 6.07) is 3.29. The van der Waals surface area contributed by atoms with Gasteiger partial charge < -0.3 is 14.6 Å². The Morgan fingerprint density at radius 3 is 3.06 bits per heavy atom. The summed E-state index contributed by atoms with van der Waals surface area (Å²) < 4.78 is 9.50. The standard InChI is InChI=1S/C11H12N4O3/c1-7-14-9(15-18-7)6-13-10-8(11(16)17-2)4-3-5-12-10/h3-5H,6H2,1-2H3,(H,12,13). The molecule has 2 heterocycles. The third-order valence-corrected chi connectivity index (χ3v) is 2.20. The minimum absolute atomic E-state index is 0.318. The van der Waals surface area contributed by atoms with E-state index >= 15 is 0 Å². The summed E-state index contributed by atoms with van der Waals surface area (Å²) in [5, 5.41) is 6.69. The fraction of sp³-hybridized carbons (Fsp3) is 0.273.